The molecule has 2 N–H and O–H groups in total. The number of piperidine rings is 3. The number of hydrogen-bond acceptors (Lipinski definition) is 5. The van der Waals surface area contributed by atoms with Crippen LogP contribution in [0, 0.1) is 5.92 Å². The normalized spacial score (nSPS) is 33.5. The Kier molecular flexibility index (Phi) is 3.15. The average molecular weight is 322 g/mol. The van der Waals surface area contributed by atoms with Crippen molar-refractivity contribution in [2.75, 3.05) is 13.1 Å². The minimum Gasteiger partial charge on any atom is -0.467 e. The van der Waals surface area contributed by atoms with Crippen LogP contribution in [0.4, 0.5) is 0 Å². The average Bonchev–Trinajstić information content (AvgIpc) is 3.00. The number of ether oxygens (including phenoxy) is 1. The van der Waals surface area contributed by atoms with Gasteiger partial charge in [-0.25, -0.2) is 4.98 Å². The Bertz CT molecular complexity index is 753. The lowest BCUT2D eigenvalue weighted by Crippen LogP contribution is -2.71. The van der Waals surface area contributed by atoms with E-state index in [1.165, 1.54) is 29.5 Å². The van der Waals surface area contributed by atoms with E-state index in [2.05, 4.69) is 27.0 Å². The van der Waals surface area contributed by atoms with E-state index in [0.29, 0.717) is 5.92 Å². The first-order valence-corrected chi connectivity index (χ1v) is 8.80. The summed E-state index contributed by atoms with van der Waals surface area (Å²) in [5, 5.41) is 0. The molecule has 0 amide bonds. The highest BCUT2D eigenvalue weighted by atomic mass is 16.5. The van der Waals surface area contributed by atoms with Crippen LogP contribution in [-0.2, 0) is 12.8 Å². The summed E-state index contributed by atoms with van der Waals surface area (Å²) in [7, 11) is 0. The van der Waals surface area contributed by atoms with Crippen molar-refractivity contribution in [1.82, 2.24) is 14.9 Å². The Hall–Kier alpha value is -1.98. The van der Waals surface area contributed by atoms with E-state index in [9.17, 15) is 0 Å². The molecule has 0 aromatic carbocycles. The molecular formula is C19H22N4O. The third kappa shape index (κ3) is 2.08. The molecule has 3 fully saturated rings. The molecular weight excluding hydrogens is 300 g/mol. The predicted octanol–water partition coefficient (Wildman–Crippen LogP) is 1.75. The van der Waals surface area contributed by atoms with Crippen LogP contribution in [0.5, 0.6) is 5.88 Å². The fourth-order valence-electron chi connectivity index (χ4n) is 4.72. The Morgan fingerprint density at radius 3 is 2.88 bits per heavy atom. The van der Waals surface area contributed by atoms with Gasteiger partial charge in [0.05, 0.1) is 6.17 Å². The summed E-state index contributed by atoms with van der Waals surface area (Å²) in [6.07, 6.45) is 9.74. The molecule has 1 spiro atoms. The van der Waals surface area contributed by atoms with E-state index >= 15 is 0 Å². The molecule has 6 rings (SSSR count). The van der Waals surface area contributed by atoms with E-state index in [-0.39, 0.29) is 11.8 Å². The molecule has 4 aliphatic heterocycles. The second-order valence-electron chi connectivity index (χ2n) is 7.33. The summed E-state index contributed by atoms with van der Waals surface area (Å²) < 4.78 is 6.40. The summed E-state index contributed by atoms with van der Waals surface area (Å²) in [4.78, 5) is 11.2. The monoisotopic (exact) mass is 322 g/mol. The summed E-state index contributed by atoms with van der Waals surface area (Å²) in [6.45, 7) is 2.21. The Morgan fingerprint density at radius 1 is 1.25 bits per heavy atom. The maximum atomic E-state index is 6.57. The second-order valence-corrected chi connectivity index (χ2v) is 7.33. The summed E-state index contributed by atoms with van der Waals surface area (Å²) in [6, 6.07) is 6.32. The van der Waals surface area contributed by atoms with Crippen molar-refractivity contribution in [3.8, 4) is 5.88 Å². The fourth-order valence-corrected chi connectivity index (χ4v) is 4.72. The van der Waals surface area contributed by atoms with Crippen LogP contribution in [0.15, 0.2) is 36.8 Å². The highest BCUT2D eigenvalue weighted by molar-refractivity contribution is 5.39. The SMILES string of the molecule is NC1N2CCC(CC2)[C@]12Cc1cc(Cc3cccnc3)cnc1O2. The first kappa shape index (κ1) is 14.4. The number of hydrogen-bond donors (Lipinski definition) is 1. The summed E-state index contributed by atoms with van der Waals surface area (Å²) in [5.74, 6) is 1.34. The molecule has 3 saturated heterocycles. The third-order valence-electron chi connectivity index (χ3n) is 5.98. The van der Waals surface area contributed by atoms with Gasteiger partial charge < -0.3 is 10.5 Å². The number of nitrogens with two attached hydrogens (primary N) is 1. The highest BCUT2D eigenvalue weighted by Gasteiger charge is 2.57. The van der Waals surface area contributed by atoms with Crippen molar-refractivity contribution in [2.24, 2.45) is 11.7 Å². The maximum absolute atomic E-state index is 6.57. The number of pyridine rings is 2. The van der Waals surface area contributed by atoms with Crippen molar-refractivity contribution in [1.29, 1.82) is 0 Å². The van der Waals surface area contributed by atoms with Crippen molar-refractivity contribution in [2.45, 2.75) is 37.5 Å². The lowest BCUT2D eigenvalue weighted by atomic mass is 9.71. The van der Waals surface area contributed by atoms with E-state index in [1.54, 1.807) is 6.20 Å². The van der Waals surface area contributed by atoms with Gasteiger partial charge in [-0.05, 0) is 36.1 Å². The predicted molar refractivity (Wildman–Crippen MR) is 90.6 cm³/mol. The Labute approximate surface area is 141 Å². The summed E-state index contributed by atoms with van der Waals surface area (Å²) >= 11 is 0. The van der Waals surface area contributed by atoms with Crippen molar-refractivity contribution < 1.29 is 4.74 Å². The van der Waals surface area contributed by atoms with Gasteiger partial charge in [-0.15, -0.1) is 0 Å². The minimum atomic E-state index is -0.265. The molecule has 2 atom stereocenters. The quantitative estimate of drug-likeness (QED) is 0.912. The van der Waals surface area contributed by atoms with Crippen LogP contribution in [0.25, 0.3) is 0 Å². The van der Waals surface area contributed by atoms with Crippen LogP contribution in [-0.4, -0.2) is 39.7 Å². The number of fused-ring (bicyclic) bond motifs is 3. The van der Waals surface area contributed by atoms with E-state index in [1.807, 2.05) is 18.5 Å². The topological polar surface area (TPSA) is 64.3 Å². The molecule has 0 saturated carbocycles. The molecule has 2 bridgehead atoms. The van der Waals surface area contributed by atoms with Crippen LogP contribution in [0.2, 0.25) is 0 Å². The van der Waals surface area contributed by atoms with E-state index < -0.39 is 0 Å². The molecule has 24 heavy (non-hydrogen) atoms. The van der Waals surface area contributed by atoms with Crippen LogP contribution in [0.1, 0.15) is 29.5 Å². The zero-order valence-corrected chi connectivity index (χ0v) is 13.7. The minimum absolute atomic E-state index is 0.0130. The molecule has 124 valence electrons. The van der Waals surface area contributed by atoms with Crippen LogP contribution in [0.3, 0.4) is 0 Å². The number of aromatic nitrogens is 2. The molecule has 2 aromatic rings. The van der Waals surface area contributed by atoms with Gasteiger partial charge in [0.25, 0.3) is 0 Å². The van der Waals surface area contributed by atoms with Crippen LogP contribution >= 0.6 is 0 Å². The standard InChI is InChI=1S/C19H22N4O/c20-18-19(16-3-6-23(18)7-4-16)10-15-9-14(12-22-17(15)24-19)8-13-2-1-5-21-11-13/h1-2,5,9,11-12,16,18H,3-4,6-8,10,20H2/t18?,19-/m1/s1. The van der Waals surface area contributed by atoms with Gasteiger partial charge in [0.15, 0.2) is 0 Å². The number of rotatable bonds is 2. The molecule has 1 unspecified atom stereocenters. The van der Waals surface area contributed by atoms with E-state index in [0.717, 1.165) is 31.8 Å². The molecule has 4 aliphatic rings. The largest absolute Gasteiger partial charge is 0.467 e. The smallest absolute Gasteiger partial charge is 0.217 e. The van der Waals surface area contributed by atoms with Crippen molar-refractivity contribution in [3.05, 3.63) is 53.5 Å². The van der Waals surface area contributed by atoms with Crippen molar-refractivity contribution >= 4 is 0 Å². The molecule has 5 nitrogen and oxygen atoms in total. The molecule has 0 radical (unpaired) electrons. The lowest BCUT2D eigenvalue weighted by molar-refractivity contribution is -0.126. The van der Waals surface area contributed by atoms with Crippen molar-refractivity contribution in [3.63, 3.8) is 0 Å². The first-order chi connectivity index (χ1) is 11.7. The van der Waals surface area contributed by atoms with Gasteiger partial charge in [0.2, 0.25) is 5.88 Å². The van der Waals surface area contributed by atoms with Gasteiger partial charge in [-0.3, -0.25) is 9.88 Å². The van der Waals surface area contributed by atoms with Gasteiger partial charge >= 0.3 is 0 Å². The van der Waals surface area contributed by atoms with Gasteiger partial charge in [0, 0.05) is 56.0 Å². The second kappa shape index (κ2) is 5.26. The third-order valence-corrected chi connectivity index (χ3v) is 5.98. The van der Waals surface area contributed by atoms with Gasteiger partial charge in [0.1, 0.15) is 5.60 Å². The Balaban J connectivity index is 1.43. The zero-order valence-electron chi connectivity index (χ0n) is 13.7. The molecule has 5 heteroatoms. The van der Waals surface area contributed by atoms with Crippen LogP contribution < -0.4 is 10.5 Å². The highest BCUT2D eigenvalue weighted by Crippen LogP contribution is 2.48. The number of nitrogens with zero attached hydrogens (tertiary/aromatic N) is 3. The zero-order chi connectivity index (χ0) is 16.1. The maximum Gasteiger partial charge on any atom is 0.217 e. The first-order valence-electron chi connectivity index (χ1n) is 8.80. The summed E-state index contributed by atoms with van der Waals surface area (Å²) in [5.41, 5.74) is 9.92. The Morgan fingerprint density at radius 2 is 2.12 bits per heavy atom. The van der Waals surface area contributed by atoms with E-state index in [4.69, 9.17) is 10.5 Å². The van der Waals surface area contributed by atoms with Gasteiger partial charge in [-0.1, -0.05) is 6.07 Å². The van der Waals surface area contributed by atoms with Gasteiger partial charge in [-0.2, -0.15) is 0 Å². The fraction of sp³-hybridized carbons (Fsp3) is 0.474. The lowest BCUT2D eigenvalue weighted by Gasteiger charge is -2.54. The molecule has 2 aromatic heterocycles. The molecule has 6 heterocycles. The molecule has 0 aliphatic carbocycles.